The lowest BCUT2D eigenvalue weighted by atomic mass is 10.1. The summed E-state index contributed by atoms with van der Waals surface area (Å²) >= 11 is 0. The fourth-order valence-electron chi connectivity index (χ4n) is 1.87. The van der Waals surface area contributed by atoms with Gasteiger partial charge in [0.05, 0.1) is 0 Å². The van der Waals surface area contributed by atoms with Gasteiger partial charge in [-0.05, 0) is 42.0 Å². The Bertz CT molecular complexity index is 831. The van der Waals surface area contributed by atoms with Crippen LogP contribution in [0.4, 0.5) is 0 Å². The number of para-hydroxylation sites is 1. The van der Waals surface area contributed by atoms with Crippen molar-refractivity contribution in [1.29, 1.82) is 0 Å². The fourth-order valence-corrected chi connectivity index (χ4v) is 1.87. The summed E-state index contributed by atoms with van der Waals surface area (Å²) in [6.07, 6.45) is 6.46. The predicted molar refractivity (Wildman–Crippen MR) is 91.7 cm³/mol. The zero-order valence-corrected chi connectivity index (χ0v) is 12.6. The molecule has 0 spiro atoms. The summed E-state index contributed by atoms with van der Waals surface area (Å²) in [5, 5.41) is 37.9. The molecule has 0 bridgehead atoms. The van der Waals surface area contributed by atoms with E-state index < -0.39 is 5.78 Å². The molecule has 122 valence electrons. The van der Waals surface area contributed by atoms with Gasteiger partial charge in [-0.2, -0.15) is 0 Å². The van der Waals surface area contributed by atoms with E-state index in [1.807, 2.05) is 0 Å². The average Bonchev–Trinajstić information content (AvgIpc) is 2.55. The number of carbonyl (C=O) groups excluding carboxylic acids is 1. The molecule has 0 amide bonds. The van der Waals surface area contributed by atoms with Gasteiger partial charge in [-0.1, -0.05) is 30.3 Å². The van der Waals surface area contributed by atoms with Gasteiger partial charge >= 0.3 is 0 Å². The maximum Gasteiger partial charge on any atom is 0.182 e. The lowest BCUT2D eigenvalue weighted by molar-refractivity contribution is -0.110. The molecule has 4 N–H and O–H groups in total. The van der Waals surface area contributed by atoms with Crippen LogP contribution in [-0.2, 0) is 4.79 Å². The molecule has 0 radical (unpaired) electrons. The molecule has 24 heavy (non-hydrogen) atoms. The molecular formula is C19H16O5. The summed E-state index contributed by atoms with van der Waals surface area (Å²) in [4.78, 5) is 11.7. The van der Waals surface area contributed by atoms with Gasteiger partial charge in [0.1, 0.15) is 11.5 Å². The molecule has 5 heteroatoms. The number of phenols is 3. The second kappa shape index (κ2) is 7.69. The lowest BCUT2D eigenvalue weighted by Gasteiger charge is -1.98. The van der Waals surface area contributed by atoms with E-state index in [9.17, 15) is 25.2 Å². The Balaban J connectivity index is 2.04. The first-order valence-electron chi connectivity index (χ1n) is 7.06. The minimum atomic E-state index is -0.450. The molecule has 0 saturated carbocycles. The number of aliphatic hydroxyl groups excluding tert-OH is 1. The van der Waals surface area contributed by atoms with E-state index in [2.05, 4.69) is 0 Å². The van der Waals surface area contributed by atoms with E-state index in [1.54, 1.807) is 24.3 Å². The first kappa shape index (κ1) is 16.9. The number of hydrogen-bond acceptors (Lipinski definition) is 5. The molecule has 0 saturated heterocycles. The molecule has 0 heterocycles. The number of allylic oxidation sites excluding steroid dienone is 3. The minimum Gasteiger partial charge on any atom is -0.508 e. The van der Waals surface area contributed by atoms with Crippen molar-refractivity contribution in [1.82, 2.24) is 0 Å². The molecule has 0 aliphatic rings. The van der Waals surface area contributed by atoms with Crippen molar-refractivity contribution >= 4 is 17.9 Å². The van der Waals surface area contributed by atoms with Gasteiger partial charge in [0.15, 0.2) is 17.3 Å². The number of phenolic OH excluding ortho intramolecular Hbond substituents is 3. The molecule has 0 fully saturated rings. The number of rotatable bonds is 5. The monoisotopic (exact) mass is 324 g/mol. The first-order valence-corrected chi connectivity index (χ1v) is 7.06. The van der Waals surface area contributed by atoms with Gasteiger partial charge in [0.25, 0.3) is 0 Å². The van der Waals surface area contributed by atoms with E-state index >= 15 is 0 Å². The third-order valence-corrected chi connectivity index (χ3v) is 3.10. The topological polar surface area (TPSA) is 98.0 Å². The van der Waals surface area contributed by atoms with Crippen molar-refractivity contribution in [2.45, 2.75) is 0 Å². The van der Waals surface area contributed by atoms with Crippen LogP contribution >= 0.6 is 0 Å². The van der Waals surface area contributed by atoms with Crippen molar-refractivity contribution in [3.05, 3.63) is 77.6 Å². The Morgan fingerprint density at radius 1 is 0.833 bits per heavy atom. The quantitative estimate of drug-likeness (QED) is 0.292. The van der Waals surface area contributed by atoms with E-state index in [0.717, 1.165) is 6.08 Å². The Hall–Kier alpha value is -3.47. The summed E-state index contributed by atoms with van der Waals surface area (Å²) in [5.41, 5.74) is 1.04. The van der Waals surface area contributed by atoms with Crippen molar-refractivity contribution in [3.8, 4) is 17.2 Å². The highest BCUT2D eigenvalue weighted by Gasteiger charge is 1.99. The number of ketones is 1. The van der Waals surface area contributed by atoms with Crippen LogP contribution in [0.5, 0.6) is 17.2 Å². The van der Waals surface area contributed by atoms with Gasteiger partial charge in [-0.3, -0.25) is 4.79 Å². The Labute approximate surface area is 138 Å². The maximum atomic E-state index is 11.7. The van der Waals surface area contributed by atoms with Crippen LogP contribution in [0.3, 0.4) is 0 Å². The molecule has 5 nitrogen and oxygen atoms in total. The molecule has 2 aromatic carbocycles. The van der Waals surface area contributed by atoms with Crippen LogP contribution in [-0.4, -0.2) is 26.2 Å². The zero-order valence-electron chi connectivity index (χ0n) is 12.6. The third kappa shape index (κ3) is 4.78. The molecule has 2 aromatic rings. The second-order valence-electron chi connectivity index (χ2n) is 4.95. The van der Waals surface area contributed by atoms with Gasteiger partial charge < -0.3 is 20.4 Å². The van der Waals surface area contributed by atoms with Crippen LogP contribution in [0.25, 0.3) is 12.2 Å². The van der Waals surface area contributed by atoms with Gasteiger partial charge in [0.2, 0.25) is 0 Å². The molecule has 0 aliphatic heterocycles. The first-order chi connectivity index (χ1) is 11.5. The predicted octanol–water partition coefficient (Wildman–Crippen LogP) is 3.54. The smallest absolute Gasteiger partial charge is 0.182 e. The van der Waals surface area contributed by atoms with E-state index in [0.29, 0.717) is 11.1 Å². The summed E-state index contributed by atoms with van der Waals surface area (Å²) in [6.45, 7) is 0. The van der Waals surface area contributed by atoms with Crippen LogP contribution in [0.2, 0.25) is 0 Å². The number of aliphatic hydroxyl groups is 1. The largest absolute Gasteiger partial charge is 0.508 e. The molecular weight excluding hydrogens is 308 g/mol. The summed E-state index contributed by atoms with van der Waals surface area (Å²) in [6, 6.07) is 10.7. The lowest BCUT2D eigenvalue weighted by Crippen LogP contribution is -1.88. The SMILES string of the molecule is O=C(/C=C(O)/C=C/c1ccc(O)c(O)c1)/C=C/c1ccccc1O. The number of hydrogen-bond donors (Lipinski definition) is 4. The van der Waals surface area contributed by atoms with E-state index in [4.69, 9.17) is 0 Å². The molecule has 0 aliphatic carbocycles. The highest BCUT2D eigenvalue weighted by molar-refractivity contribution is 6.02. The summed E-state index contributed by atoms with van der Waals surface area (Å²) in [5.74, 6) is -1.18. The van der Waals surface area contributed by atoms with Crippen molar-refractivity contribution in [2.75, 3.05) is 0 Å². The highest BCUT2D eigenvalue weighted by atomic mass is 16.3. The van der Waals surface area contributed by atoms with Crippen molar-refractivity contribution in [3.63, 3.8) is 0 Å². The van der Waals surface area contributed by atoms with Crippen LogP contribution < -0.4 is 0 Å². The van der Waals surface area contributed by atoms with Crippen LogP contribution in [0.15, 0.2) is 66.5 Å². The number of carbonyl (C=O) groups is 1. The van der Waals surface area contributed by atoms with Crippen molar-refractivity contribution < 1.29 is 25.2 Å². The minimum absolute atomic E-state index is 0.0572. The average molecular weight is 324 g/mol. The molecule has 0 aromatic heterocycles. The van der Waals surface area contributed by atoms with Crippen molar-refractivity contribution in [2.24, 2.45) is 0 Å². The molecule has 0 unspecified atom stereocenters. The fraction of sp³-hybridized carbons (Fsp3) is 0. The van der Waals surface area contributed by atoms with E-state index in [1.165, 1.54) is 42.5 Å². The molecule has 0 atom stereocenters. The van der Waals surface area contributed by atoms with Gasteiger partial charge in [0, 0.05) is 11.6 Å². The van der Waals surface area contributed by atoms with Crippen LogP contribution in [0.1, 0.15) is 11.1 Å². The highest BCUT2D eigenvalue weighted by Crippen LogP contribution is 2.25. The Morgan fingerprint density at radius 2 is 1.58 bits per heavy atom. The van der Waals surface area contributed by atoms with Crippen LogP contribution in [0, 0.1) is 0 Å². The normalized spacial score (nSPS) is 12.1. The standard InChI is InChI=1S/C19H16O5/c20-15(8-5-13-6-10-18(23)19(24)11-13)12-16(21)9-7-14-3-1-2-4-17(14)22/h1-12,20,22-24H/b8-5+,9-7+,15-12-. The van der Waals surface area contributed by atoms with E-state index in [-0.39, 0.29) is 23.0 Å². The number of aromatic hydroxyl groups is 3. The molecule has 2 rings (SSSR count). The second-order valence-corrected chi connectivity index (χ2v) is 4.95. The summed E-state index contributed by atoms with van der Waals surface area (Å²) < 4.78 is 0. The maximum absolute atomic E-state index is 11.7. The zero-order chi connectivity index (χ0) is 17.5. The third-order valence-electron chi connectivity index (χ3n) is 3.10. The number of benzene rings is 2. The Morgan fingerprint density at radius 3 is 2.29 bits per heavy atom. The Kier molecular flexibility index (Phi) is 5.41. The summed E-state index contributed by atoms with van der Waals surface area (Å²) in [7, 11) is 0. The van der Waals surface area contributed by atoms with Gasteiger partial charge in [-0.25, -0.2) is 0 Å². The van der Waals surface area contributed by atoms with Gasteiger partial charge in [-0.15, -0.1) is 0 Å².